The number of rotatable bonds is 7. The van der Waals surface area contributed by atoms with Crippen molar-refractivity contribution >= 4 is 17.3 Å². The first kappa shape index (κ1) is 16.5. The highest BCUT2D eigenvalue weighted by Gasteiger charge is 2.15. The molecule has 0 N–H and O–H groups in total. The average molecular weight is 341 g/mol. The normalized spacial score (nSPS) is 10.9. The standard InChI is InChI=1S/C19H19NO3S/c1-22-19(21)18-10-9-16(23-18)13-20(14-17-8-5-11-24-17)12-15-6-3-2-4-7-15/h2-11H,12-14H2,1H3. The van der Waals surface area contributed by atoms with Crippen molar-refractivity contribution in [1.29, 1.82) is 0 Å². The minimum absolute atomic E-state index is 0.239. The maximum Gasteiger partial charge on any atom is 0.373 e. The summed E-state index contributed by atoms with van der Waals surface area (Å²) in [7, 11) is 1.35. The topological polar surface area (TPSA) is 42.7 Å². The molecule has 0 amide bonds. The molecular formula is C19H19NO3S. The first-order chi connectivity index (χ1) is 11.7. The zero-order valence-corrected chi connectivity index (χ0v) is 14.3. The number of furan rings is 1. The number of methoxy groups -OCH3 is 1. The van der Waals surface area contributed by atoms with E-state index >= 15 is 0 Å². The molecular weight excluding hydrogens is 322 g/mol. The van der Waals surface area contributed by atoms with Crippen LogP contribution in [0.1, 0.15) is 26.8 Å². The maximum atomic E-state index is 11.5. The molecule has 3 aromatic rings. The Hall–Kier alpha value is -2.37. The zero-order valence-electron chi connectivity index (χ0n) is 13.5. The van der Waals surface area contributed by atoms with Gasteiger partial charge in [0.05, 0.1) is 13.7 Å². The first-order valence-corrected chi connectivity index (χ1v) is 8.58. The minimum Gasteiger partial charge on any atom is -0.463 e. The monoisotopic (exact) mass is 341 g/mol. The van der Waals surface area contributed by atoms with Gasteiger partial charge in [0, 0.05) is 18.0 Å². The Morgan fingerprint density at radius 1 is 1.04 bits per heavy atom. The van der Waals surface area contributed by atoms with Crippen LogP contribution in [0.5, 0.6) is 0 Å². The summed E-state index contributed by atoms with van der Waals surface area (Å²) in [4.78, 5) is 15.1. The van der Waals surface area contributed by atoms with Crippen LogP contribution in [0.25, 0.3) is 0 Å². The molecule has 0 saturated heterocycles. The van der Waals surface area contributed by atoms with Gasteiger partial charge >= 0.3 is 5.97 Å². The smallest absolute Gasteiger partial charge is 0.373 e. The third kappa shape index (κ3) is 4.34. The Morgan fingerprint density at radius 2 is 1.88 bits per heavy atom. The molecule has 124 valence electrons. The number of esters is 1. The fraction of sp³-hybridized carbons (Fsp3) is 0.211. The van der Waals surface area contributed by atoms with Crippen molar-refractivity contribution in [3.05, 3.63) is 81.9 Å². The number of nitrogens with zero attached hydrogens (tertiary/aromatic N) is 1. The van der Waals surface area contributed by atoms with E-state index in [2.05, 4.69) is 34.5 Å². The molecule has 2 heterocycles. The lowest BCUT2D eigenvalue weighted by Gasteiger charge is -2.20. The van der Waals surface area contributed by atoms with Crippen molar-refractivity contribution in [1.82, 2.24) is 4.90 Å². The van der Waals surface area contributed by atoms with Crippen LogP contribution in [-0.4, -0.2) is 18.0 Å². The molecule has 24 heavy (non-hydrogen) atoms. The third-order valence-electron chi connectivity index (χ3n) is 3.64. The average Bonchev–Trinajstić information content (AvgIpc) is 3.27. The van der Waals surface area contributed by atoms with Gasteiger partial charge < -0.3 is 9.15 Å². The second kappa shape index (κ2) is 7.95. The van der Waals surface area contributed by atoms with E-state index in [-0.39, 0.29) is 5.76 Å². The highest BCUT2D eigenvalue weighted by molar-refractivity contribution is 7.09. The molecule has 5 heteroatoms. The Balaban J connectivity index is 1.73. The molecule has 0 spiro atoms. The van der Waals surface area contributed by atoms with Crippen molar-refractivity contribution in [3.8, 4) is 0 Å². The third-order valence-corrected chi connectivity index (χ3v) is 4.50. The van der Waals surface area contributed by atoms with E-state index in [1.165, 1.54) is 17.6 Å². The summed E-state index contributed by atoms with van der Waals surface area (Å²) >= 11 is 1.74. The van der Waals surface area contributed by atoms with E-state index in [9.17, 15) is 4.79 Å². The molecule has 3 rings (SSSR count). The van der Waals surface area contributed by atoms with Crippen molar-refractivity contribution < 1.29 is 13.9 Å². The highest BCUT2D eigenvalue weighted by Crippen LogP contribution is 2.18. The summed E-state index contributed by atoms with van der Waals surface area (Å²) < 4.78 is 10.3. The molecule has 0 aliphatic carbocycles. The number of hydrogen-bond donors (Lipinski definition) is 0. The lowest BCUT2D eigenvalue weighted by molar-refractivity contribution is 0.0560. The second-order valence-electron chi connectivity index (χ2n) is 5.47. The van der Waals surface area contributed by atoms with E-state index in [1.54, 1.807) is 17.4 Å². The fourth-order valence-electron chi connectivity index (χ4n) is 2.53. The van der Waals surface area contributed by atoms with Gasteiger partial charge in [-0.2, -0.15) is 0 Å². The molecule has 0 fully saturated rings. The second-order valence-corrected chi connectivity index (χ2v) is 6.50. The van der Waals surface area contributed by atoms with Gasteiger partial charge in [-0.1, -0.05) is 36.4 Å². The van der Waals surface area contributed by atoms with Gasteiger partial charge in [0.1, 0.15) is 5.76 Å². The van der Waals surface area contributed by atoms with Crippen LogP contribution in [0.15, 0.2) is 64.4 Å². The van der Waals surface area contributed by atoms with E-state index in [0.29, 0.717) is 6.54 Å². The summed E-state index contributed by atoms with van der Waals surface area (Å²) in [6, 6.07) is 18.0. The number of carbonyl (C=O) groups is 1. The van der Waals surface area contributed by atoms with Crippen LogP contribution in [0.3, 0.4) is 0 Å². The van der Waals surface area contributed by atoms with Gasteiger partial charge in [-0.15, -0.1) is 11.3 Å². The van der Waals surface area contributed by atoms with E-state index in [4.69, 9.17) is 9.15 Å². The van der Waals surface area contributed by atoms with Crippen molar-refractivity contribution in [2.45, 2.75) is 19.6 Å². The van der Waals surface area contributed by atoms with Gasteiger partial charge in [0.15, 0.2) is 0 Å². The van der Waals surface area contributed by atoms with Crippen LogP contribution in [-0.2, 0) is 24.4 Å². The van der Waals surface area contributed by atoms with Gasteiger partial charge in [-0.05, 0) is 29.1 Å². The summed E-state index contributed by atoms with van der Waals surface area (Å²) in [6.07, 6.45) is 0. The van der Waals surface area contributed by atoms with E-state index < -0.39 is 5.97 Å². The fourth-order valence-corrected chi connectivity index (χ4v) is 3.27. The molecule has 1 aromatic carbocycles. The molecule has 4 nitrogen and oxygen atoms in total. The molecule has 0 atom stereocenters. The summed E-state index contributed by atoms with van der Waals surface area (Å²) in [5, 5.41) is 2.08. The largest absolute Gasteiger partial charge is 0.463 e. The highest BCUT2D eigenvalue weighted by atomic mass is 32.1. The maximum absolute atomic E-state index is 11.5. The minimum atomic E-state index is -0.450. The molecule has 0 unspecified atom stereocenters. The number of hydrogen-bond acceptors (Lipinski definition) is 5. The molecule has 0 radical (unpaired) electrons. The van der Waals surface area contributed by atoms with Gasteiger partial charge in [0.25, 0.3) is 0 Å². The predicted molar refractivity (Wildman–Crippen MR) is 93.8 cm³/mol. The van der Waals surface area contributed by atoms with E-state index in [1.807, 2.05) is 24.3 Å². The lowest BCUT2D eigenvalue weighted by Crippen LogP contribution is -2.21. The quantitative estimate of drug-likeness (QED) is 0.600. The van der Waals surface area contributed by atoms with Crippen LogP contribution >= 0.6 is 11.3 Å². The van der Waals surface area contributed by atoms with Gasteiger partial charge in [0.2, 0.25) is 5.76 Å². The molecule has 0 bridgehead atoms. The number of carbonyl (C=O) groups excluding carboxylic acids is 1. The summed E-state index contributed by atoms with van der Waals surface area (Å²) in [6.45, 7) is 2.28. The molecule has 0 saturated carbocycles. The van der Waals surface area contributed by atoms with Crippen molar-refractivity contribution in [2.75, 3.05) is 7.11 Å². The Morgan fingerprint density at radius 3 is 2.58 bits per heavy atom. The van der Waals surface area contributed by atoms with Crippen molar-refractivity contribution in [2.24, 2.45) is 0 Å². The summed E-state index contributed by atoms with van der Waals surface area (Å²) in [5.74, 6) is 0.542. The van der Waals surface area contributed by atoms with Crippen LogP contribution < -0.4 is 0 Å². The number of ether oxygens (including phenoxy) is 1. The van der Waals surface area contributed by atoms with E-state index in [0.717, 1.165) is 18.8 Å². The lowest BCUT2D eigenvalue weighted by atomic mass is 10.2. The van der Waals surface area contributed by atoms with Gasteiger partial charge in [-0.3, -0.25) is 4.90 Å². The van der Waals surface area contributed by atoms with Gasteiger partial charge in [-0.25, -0.2) is 4.79 Å². The molecule has 2 aromatic heterocycles. The Bertz CT molecular complexity index is 765. The SMILES string of the molecule is COC(=O)c1ccc(CN(Cc2ccccc2)Cc2cccs2)o1. The van der Waals surface area contributed by atoms with Crippen LogP contribution in [0.4, 0.5) is 0 Å². The number of benzene rings is 1. The zero-order chi connectivity index (χ0) is 16.8. The summed E-state index contributed by atoms with van der Waals surface area (Å²) in [5.41, 5.74) is 1.24. The number of thiophene rings is 1. The Kier molecular flexibility index (Phi) is 5.46. The predicted octanol–water partition coefficient (Wildman–Crippen LogP) is 4.33. The Labute approximate surface area is 145 Å². The molecule has 0 aliphatic heterocycles. The molecule has 0 aliphatic rings. The first-order valence-electron chi connectivity index (χ1n) is 7.70. The van der Waals surface area contributed by atoms with Crippen molar-refractivity contribution in [3.63, 3.8) is 0 Å². The van der Waals surface area contributed by atoms with Crippen LogP contribution in [0, 0.1) is 0 Å². The van der Waals surface area contributed by atoms with Crippen LogP contribution in [0.2, 0.25) is 0 Å².